The third-order valence-corrected chi connectivity index (χ3v) is 13.6. The van der Waals surface area contributed by atoms with Crippen LogP contribution in [0.25, 0.3) is 10.9 Å². The number of nitrogens with zero attached hydrogens (tertiary/aromatic N) is 2. The van der Waals surface area contributed by atoms with Crippen LogP contribution in [-0.4, -0.2) is 85.1 Å². The van der Waals surface area contributed by atoms with E-state index in [4.69, 9.17) is 9.16 Å². The maximum absolute atomic E-state index is 13.7. The van der Waals surface area contributed by atoms with Crippen molar-refractivity contribution in [1.82, 2.24) is 20.1 Å². The first kappa shape index (κ1) is 33.0. The van der Waals surface area contributed by atoms with Crippen LogP contribution in [0.3, 0.4) is 0 Å². The summed E-state index contributed by atoms with van der Waals surface area (Å²) in [7, 11) is -2.36. The van der Waals surface area contributed by atoms with Gasteiger partial charge in [-0.25, -0.2) is 4.79 Å². The number of benzene rings is 1. The molecule has 238 valence electrons. The molecule has 0 aliphatic carbocycles. The van der Waals surface area contributed by atoms with Gasteiger partial charge in [0.2, 0.25) is 11.5 Å². The van der Waals surface area contributed by atoms with Gasteiger partial charge in [0.1, 0.15) is 11.4 Å². The van der Waals surface area contributed by atoms with Crippen molar-refractivity contribution >= 4 is 31.2 Å². The Bertz CT molecular complexity index is 1370. The van der Waals surface area contributed by atoms with E-state index in [-0.39, 0.29) is 40.6 Å². The van der Waals surface area contributed by atoms with Gasteiger partial charge in [0.25, 0.3) is 0 Å². The number of ether oxygens (including phenoxy) is 1. The van der Waals surface area contributed by atoms with Gasteiger partial charge in [-0.1, -0.05) is 26.8 Å². The summed E-state index contributed by atoms with van der Waals surface area (Å²) in [5, 5.41) is 14.3. The number of fused-ring (bicyclic) bond motifs is 1. The van der Waals surface area contributed by atoms with Crippen LogP contribution >= 0.6 is 0 Å². The number of phenols is 1. The lowest BCUT2D eigenvalue weighted by Crippen LogP contribution is -2.54. The number of hydrogen-bond donors (Lipinski definition) is 3. The highest BCUT2D eigenvalue weighted by molar-refractivity contribution is 6.74. The standard InChI is InChI=1S/C32H50N4O6Si/c1-31(2,3)41-30(40)36(19-21-13-15-35(16-14-21)29(39)22-17-33-18-22)20-26(42-43(7,8)32(4,5)6)23-9-11-25(37)28-24(23)10-12-27(38)34-28/h9-12,21-22,26,33,37H,13-20H2,1-8H3,(H,34,38)/t26-/m0/s1. The predicted molar refractivity (Wildman–Crippen MR) is 171 cm³/mol. The zero-order valence-corrected chi connectivity index (χ0v) is 28.1. The molecule has 43 heavy (non-hydrogen) atoms. The monoisotopic (exact) mass is 614 g/mol. The summed E-state index contributed by atoms with van der Waals surface area (Å²) in [5.74, 6) is 0.488. The second-order valence-corrected chi connectivity index (χ2v) is 19.4. The Labute approximate surface area is 256 Å². The number of aromatic nitrogens is 1. The Balaban J connectivity index is 1.65. The van der Waals surface area contributed by atoms with Crippen molar-refractivity contribution in [3.05, 3.63) is 40.2 Å². The normalized spacial score (nSPS) is 17.9. The Morgan fingerprint density at radius 3 is 2.28 bits per heavy atom. The van der Waals surface area contributed by atoms with Crippen molar-refractivity contribution in [2.24, 2.45) is 11.8 Å². The summed E-state index contributed by atoms with van der Waals surface area (Å²) in [6.45, 7) is 20.0. The van der Waals surface area contributed by atoms with E-state index < -0.39 is 26.1 Å². The van der Waals surface area contributed by atoms with E-state index >= 15 is 0 Å². The third-order valence-electron chi connectivity index (χ3n) is 9.07. The second-order valence-electron chi connectivity index (χ2n) is 14.7. The maximum Gasteiger partial charge on any atom is 0.410 e. The van der Waals surface area contributed by atoms with Crippen molar-refractivity contribution < 1.29 is 23.9 Å². The number of pyridine rings is 1. The lowest BCUT2D eigenvalue weighted by Gasteiger charge is -2.42. The van der Waals surface area contributed by atoms with Gasteiger partial charge in [0.15, 0.2) is 8.32 Å². The van der Waals surface area contributed by atoms with E-state index in [1.807, 2.05) is 31.7 Å². The van der Waals surface area contributed by atoms with Crippen molar-refractivity contribution in [2.45, 2.75) is 84.2 Å². The van der Waals surface area contributed by atoms with Crippen LogP contribution in [0.2, 0.25) is 18.1 Å². The number of carbonyl (C=O) groups excluding carboxylic acids is 2. The Morgan fingerprint density at radius 2 is 1.72 bits per heavy atom. The Hall–Kier alpha value is -2.89. The number of aromatic amines is 1. The molecule has 2 aliphatic rings. The van der Waals surface area contributed by atoms with Crippen molar-refractivity contribution in [3.8, 4) is 5.75 Å². The molecular formula is C32H50N4O6Si. The fraction of sp³-hybridized carbons (Fsp3) is 0.656. The van der Waals surface area contributed by atoms with Crippen LogP contribution in [0.1, 0.15) is 66.1 Å². The van der Waals surface area contributed by atoms with Gasteiger partial charge < -0.3 is 34.4 Å². The van der Waals surface area contributed by atoms with Crippen molar-refractivity contribution in [1.29, 1.82) is 0 Å². The van der Waals surface area contributed by atoms with Crippen LogP contribution in [0, 0.1) is 11.8 Å². The molecule has 10 nitrogen and oxygen atoms in total. The van der Waals surface area contributed by atoms with Crippen LogP contribution in [-0.2, 0) is 14.0 Å². The molecule has 1 atom stereocenters. The smallest absolute Gasteiger partial charge is 0.410 e. The summed E-state index contributed by atoms with van der Waals surface area (Å²) in [6.07, 6.45) is 0.673. The summed E-state index contributed by atoms with van der Waals surface area (Å²) in [5.41, 5.74) is 0.145. The minimum Gasteiger partial charge on any atom is -0.506 e. The SMILES string of the molecule is CC(C)(C)OC(=O)N(CC1CCN(C(=O)C2CNC2)CC1)C[C@H](O[Si](C)(C)C(C)(C)C)c1ccc(O)c2[nH]c(=O)ccc12. The Kier molecular flexibility index (Phi) is 9.68. The molecule has 3 N–H and O–H groups in total. The van der Waals surface area contributed by atoms with Crippen molar-refractivity contribution in [2.75, 3.05) is 39.3 Å². The molecule has 1 aromatic carbocycles. The molecule has 2 aromatic rings. The number of carbonyl (C=O) groups is 2. The number of aromatic hydroxyl groups is 1. The third kappa shape index (κ3) is 7.99. The number of H-pyrrole nitrogens is 1. The fourth-order valence-corrected chi connectivity index (χ4v) is 6.66. The van der Waals surface area contributed by atoms with Crippen molar-refractivity contribution in [3.63, 3.8) is 0 Å². The molecule has 0 radical (unpaired) electrons. The molecule has 2 aliphatic heterocycles. The van der Waals surface area contributed by atoms with Crippen LogP contribution in [0.5, 0.6) is 5.75 Å². The molecule has 0 bridgehead atoms. The summed E-state index contributed by atoms with van der Waals surface area (Å²) >= 11 is 0. The summed E-state index contributed by atoms with van der Waals surface area (Å²) < 4.78 is 12.9. The zero-order chi connectivity index (χ0) is 31.7. The number of rotatable bonds is 8. The molecule has 0 saturated carbocycles. The molecule has 3 heterocycles. The molecule has 11 heteroatoms. The highest BCUT2D eigenvalue weighted by Gasteiger charge is 2.41. The predicted octanol–water partition coefficient (Wildman–Crippen LogP) is 4.99. The molecule has 1 aromatic heterocycles. The minimum atomic E-state index is -2.36. The first-order chi connectivity index (χ1) is 19.9. The quantitative estimate of drug-likeness (QED) is 0.358. The van der Waals surface area contributed by atoms with Gasteiger partial charge in [-0.05, 0) is 75.4 Å². The number of nitrogens with one attached hydrogen (secondary N) is 2. The molecule has 0 unspecified atom stereocenters. The molecule has 0 spiro atoms. The van der Waals surface area contributed by atoms with E-state index in [1.165, 1.54) is 6.07 Å². The highest BCUT2D eigenvalue weighted by Crippen LogP contribution is 2.41. The van der Waals surface area contributed by atoms with E-state index in [1.54, 1.807) is 17.0 Å². The number of phenolic OH excluding ortho intramolecular Hbond substituents is 1. The van der Waals surface area contributed by atoms with Gasteiger partial charge in [-0.3, -0.25) is 9.59 Å². The molecule has 4 rings (SSSR count). The van der Waals surface area contributed by atoms with Gasteiger partial charge in [0, 0.05) is 44.2 Å². The van der Waals surface area contributed by atoms with Gasteiger partial charge in [-0.15, -0.1) is 0 Å². The average molecular weight is 615 g/mol. The number of hydrogen-bond acceptors (Lipinski definition) is 7. The van der Waals surface area contributed by atoms with Gasteiger partial charge in [-0.2, -0.15) is 0 Å². The number of piperidine rings is 1. The Morgan fingerprint density at radius 1 is 1.07 bits per heavy atom. The fourth-order valence-electron chi connectivity index (χ4n) is 5.39. The largest absolute Gasteiger partial charge is 0.506 e. The van der Waals surface area contributed by atoms with Crippen LogP contribution in [0.4, 0.5) is 4.79 Å². The van der Waals surface area contributed by atoms with Gasteiger partial charge in [0.05, 0.1) is 24.1 Å². The lowest BCUT2D eigenvalue weighted by molar-refractivity contribution is -0.138. The first-order valence-electron chi connectivity index (χ1n) is 15.5. The first-order valence-corrected chi connectivity index (χ1v) is 18.4. The molecular weight excluding hydrogens is 564 g/mol. The van der Waals surface area contributed by atoms with E-state index in [2.05, 4.69) is 44.2 Å². The summed E-state index contributed by atoms with van der Waals surface area (Å²) in [4.78, 5) is 45.1. The minimum absolute atomic E-state index is 0.0227. The van der Waals surface area contributed by atoms with E-state index in [9.17, 15) is 19.5 Å². The number of amides is 2. The van der Waals surface area contributed by atoms with E-state index in [0.717, 1.165) is 31.5 Å². The highest BCUT2D eigenvalue weighted by atomic mass is 28.4. The number of likely N-dealkylation sites (tertiary alicyclic amines) is 1. The molecule has 2 saturated heterocycles. The van der Waals surface area contributed by atoms with Crippen LogP contribution < -0.4 is 10.9 Å². The second kappa shape index (κ2) is 12.6. The summed E-state index contributed by atoms with van der Waals surface area (Å²) in [6, 6.07) is 6.53. The molecule has 2 amide bonds. The maximum atomic E-state index is 13.7. The topological polar surface area (TPSA) is 124 Å². The lowest BCUT2D eigenvalue weighted by atomic mass is 9.93. The van der Waals surface area contributed by atoms with E-state index in [0.29, 0.717) is 30.5 Å². The zero-order valence-electron chi connectivity index (χ0n) is 27.1. The average Bonchev–Trinajstić information content (AvgIpc) is 2.86. The van der Waals surface area contributed by atoms with Crippen LogP contribution in [0.15, 0.2) is 29.1 Å². The van der Waals surface area contributed by atoms with Gasteiger partial charge >= 0.3 is 6.09 Å². The molecule has 2 fully saturated rings.